The summed E-state index contributed by atoms with van der Waals surface area (Å²) in [4.78, 5) is 12.0. The Balaban J connectivity index is 2.12. The van der Waals surface area contributed by atoms with Gasteiger partial charge in [-0.1, -0.05) is 25.7 Å². The summed E-state index contributed by atoms with van der Waals surface area (Å²) < 4.78 is 1.77. The summed E-state index contributed by atoms with van der Waals surface area (Å²) in [5.41, 5.74) is 0.554. The van der Waals surface area contributed by atoms with Crippen LogP contribution in [0.3, 0.4) is 0 Å². The SMILES string of the molecule is O=c1c(Br)c(NC2CCCCCC2)cnn1CCO. The van der Waals surface area contributed by atoms with Gasteiger partial charge in [-0.05, 0) is 28.8 Å². The molecule has 1 saturated carbocycles. The Morgan fingerprint density at radius 3 is 2.68 bits per heavy atom. The van der Waals surface area contributed by atoms with E-state index in [2.05, 4.69) is 26.3 Å². The van der Waals surface area contributed by atoms with Gasteiger partial charge >= 0.3 is 0 Å². The zero-order chi connectivity index (χ0) is 13.7. The Morgan fingerprint density at radius 2 is 2.05 bits per heavy atom. The minimum atomic E-state index is -0.201. The van der Waals surface area contributed by atoms with Crippen LogP contribution in [0.4, 0.5) is 5.69 Å². The van der Waals surface area contributed by atoms with Crippen LogP contribution in [-0.4, -0.2) is 27.5 Å². The smallest absolute Gasteiger partial charge is 0.283 e. The van der Waals surface area contributed by atoms with Crippen LogP contribution in [0.1, 0.15) is 38.5 Å². The molecule has 6 heteroatoms. The van der Waals surface area contributed by atoms with Gasteiger partial charge in [-0.3, -0.25) is 4.79 Å². The van der Waals surface area contributed by atoms with Gasteiger partial charge in [0.2, 0.25) is 0 Å². The first-order chi connectivity index (χ1) is 9.22. The van der Waals surface area contributed by atoms with E-state index in [1.54, 1.807) is 6.20 Å². The third-order valence-corrected chi connectivity index (χ3v) is 4.28. The van der Waals surface area contributed by atoms with E-state index < -0.39 is 0 Å². The number of aromatic nitrogens is 2. The maximum absolute atomic E-state index is 12.0. The summed E-state index contributed by atoms with van der Waals surface area (Å²) in [5.74, 6) is 0. The van der Waals surface area contributed by atoms with Crippen molar-refractivity contribution >= 4 is 21.6 Å². The predicted molar refractivity (Wildman–Crippen MR) is 78.4 cm³/mol. The Morgan fingerprint density at radius 1 is 1.37 bits per heavy atom. The van der Waals surface area contributed by atoms with E-state index in [1.807, 2.05) is 0 Å². The standard InChI is InChI=1S/C13H20BrN3O2/c14-12-11(9-15-17(7-8-18)13(12)19)16-10-5-3-1-2-4-6-10/h9-10,16,18H,1-8H2. The highest BCUT2D eigenvalue weighted by Crippen LogP contribution is 2.23. The van der Waals surface area contributed by atoms with E-state index in [9.17, 15) is 4.79 Å². The average Bonchev–Trinajstić information content (AvgIpc) is 2.67. The fourth-order valence-electron chi connectivity index (χ4n) is 2.46. The molecule has 0 spiro atoms. The molecule has 0 bridgehead atoms. The van der Waals surface area contributed by atoms with Gasteiger partial charge < -0.3 is 10.4 Å². The van der Waals surface area contributed by atoms with E-state index >= 15 is 0 Å². The predicted octanol–water partition coefficient (Wildman–Crippen LogP) is 2.13. The van der Waals surface area contributed by atoms with Crippen LogP contribution in [-0.2, 0) is 6.54 Å². The minimum absolute atomic E-state index is 0.0885. The second-order valence-corrected chi connectivity index (χ2v) is 5.75. The fraction of sp³-hybridized carbons (Fsp3) is 0.692. The number of halogens is 1. The number of hydrogen-bond donors (Lipinski definition) is 2. The molecule has 0 aromatic carbocycles. The zero-order valence-corrected chi connectivity index (χ0v) is 12.5. The van der Waals surface area contributed by atoms with Gasteiger partial charge in [-0.15, -0.1) is 0 Å². The van der Waals surface area contributed by atoms with Crippen molar-refractivity contribution in [2.45, 2.75) is 51.1 Å². The van der Waals surface area contributed by atoms with Crippen molar-refractivity contribution in [2.24, 2.45) is 0 Å². The maximum atomic E-state index is 12.0. The van der Waals surface area contributed by atoms with Gasteiger partial charge in [0.25, 0.3) is 5.56 Å². The van der Waals surface area contributed by atoms with Crippen LogP contribution in [0.25, 0.3) is 0 Å². The molecule has 2 N–H and O–H groups in total. The summed E-state index contributed by atoms with van der Waals surface area (Å²) >= 11 is 3.33. The van der Waals surface area contributed by atoms with Crippen LogP contribution < -0.4 is 10.9 Å². The Labute approximate surface area is 121 Å². The van der Waals surface area contributed by atoms with Gasteiger partial charge in [-0.25, -0.2) is 4.68 Å². The number of anilines is 1. The van der Waals surface area contributed by atoms with Crippen LogP contribution in [0.5, 0.6) is 0 Å². The number of hydrogen-bond acceptors (Lipinski definition) is 4. The lowest BCUT2D eigenvalue weighted by Gasteiger charge is -2.18. The summed E-state index contributed by atoms with van der Waals surface area (Å²) in [6.45, 7) is 0.135. The zero-order valence-electron chi connectivity index (χ0n) is 10.9. The van der Waals surface area contributed by atoms with Gasteiger partial charge in [-0.2, -0.15) is 5.10 Å². The Hall–Kier alpha value is -0.880. The second kappa shape index (κ2) is 7.05. The van der Waals surface area contributed by atoms with E-state index in [4.69, 9.17) is 5.11 Å². The largest absolute Gasteiger partial charge is 0.394 e. The third-order valence-electron chi connectivity index (χ3n) is 3.51. The molecular weight excluding hydrogens is 310 g/mol. The van der Waals surface area contributed by atoms with Gasteiger partial charge in [0, 0.05) is 6.04 Å². The van der Waals surface area contributed by atoms with Crippen molar-refractivity contribution in [1.82, 2.24) is 9.78 Å². The normalized spacial score (nSPS) is 17.2. The quantitative estimate of drug-likeness (QED) is 0.830. The first kappa shape index (κ1) is 14.5. The molecule has 19 heavy (non-hydrogen) atoms. The van der Waals surface area contributed by atoms with Crippen LogP contribution in [0.2, 0.25) is 0 Å². The van der Waals surface area contributed by atoms with Gasteiger partial charge in [0.05, 0.1) is 25.0 Å². The Bertz CT molecular complexity index is 467. The fourth-order valence-corrected chi connectivity index (χ4v) is 2.88. The van der Waals surface area contributed by atoms with Crippen LogP contribution >= 0.6 is 15.9 Å². The molecule has 0 radical (unpaired) electrons. The lowest BCUT2D eigenvalue weighted by molar-refractivity contribution is 0.266. The lowest BCUT2D eigenvalue weighted by atomic mass is 10.1. The molecule has 0 atom stereocenters. The molecule has 5 nitrogen and oxygen atoms in total. The summed E-state index contributed by atoms with van der Waals surface area (Å²) in [5, 5.41) is 16.3. The Kier molecular flexibility index (Phi) is 5.39. The summed E-state index contributed by atoms with van der Waals surface area (Å²) in [7, 11) is 0. The van der Waals surface area contributed by atoms with Crippen molar-refractivity contribution in [2.75, 3.05) is 11.9 Å². The average molecular weight is 330 g/mol. The monoisotopic (exact) mass is 329 g/mol. The minimum Gasteiger partial charge on any atom is -0.394 e. The van der Waals surface area contributed by atoms with E-state index in [0.29, 0.717) is 10.5 Å². The molecule has 1 fully saturated rings. The molecule has 1 aromatic rings. The van der Waals surface area contributed by atoms with Crippen LogP contribution in [0, 0.1) is 0 Å². The molecule has 0 aliphatic heterocycles. The van der Waals surface area contributed by atoms with Crippen molar-refractivity contribution < 1.29 is 5.11 Å². The third kappa shape index (κ3) is 3.79. The molecule has 1 heterocycles. The van der Waals surface area contributed by atoms with Crippen molar-refractivity contribution in [1.29, 1.82) is 0 Å². The number of aliphatic hydroxyl groups is 1. The van der Waals surface area contributed by atoms with Gasteiger partial charge in [0.15, 0.2) is 0 Å². The van der Waals surface area contributed by atoms with Crippen molar-refractivity contribution in [3.63, 3.8) is 0 Å². The first-order valence-corrected chi connectivity index (χ1v) is 7.64. The molecule has 1 aliphatic rings. The molecule has 1 aromatic heterocycles. The molecular formula is C13H20BrN3O2. The van der Waals surface area contributed by atoms with E-state index in [0.717, 1.165) is 18.5 Å². The highest BCUT2D eigenvalue weighted by molar-refractivity contribution is 9.10. The summed E-state index contributed by atoms with van der Waals surface area (Å²) in [6.07, 6.45) is 9.03. The maximum Gasteiger partial charge on any atom is 0.283 e. The molecule has 0 saturated heterocycles. The summed E-state index contributed by atoms with van der Waals surface area (Å²) in [6, 6.07) is 0.425. The number of nitrogens with one attached hydrogen (secondary N) is 1. The highest BCUT2D eigenvalue weighted by Gasteiger charge is 2.15. The molecule has 0 unspecified atom stereocenters. The first-order valence-electron chi connectivity index (χ1n) is 6.85. The van der Waals surface area contributed by atoms with Crippen molar-refractivity contribution in [3.05, 3.63) is 21.0 Å². The number of rotatable bonds is 4. The van der Waals surface area contributed by atoms with E-state index in [1.165, 1.54) is 30.4 Å². The number of nitrogens with zero attached hydrogens (tertiary/aromatic N) is 2. The molecule has 1 aliphatic carbocycles. The molecule has 2 rings (SSSR count). The molecule has 106 valence electrons. The highest BCUT2D eigenvalue weighted by atomic mass is 79.9. The van der Waals surface area contributed by atoms with Crippen molar-refractivity contribution in [3.8, 4) is 0 Å². The van der Waals surface area contributed by atoms with Gasteiger partial charge in [0.1, 0.15) is 4.47 Å². The lowest BCUT2D eigenvalue weighted by Crippen LogP contribution is -2.27. The molecule has 0 amide bonds. The topological polar surface area (TPSA) is 67.2 Å². The number of aliphatic hydroxyl groups excluding tert-OH is 1. The van der Waals surface area contributed by atoms with Crippen LogP contribution in [0.15, 0.2) is 15.5 Å². The second-order valence-electron chi connectivity index (χ2n) is 4.96. The van der Waals surface area contributed by atoms with E-state index in [-0.39, 0.29) is 18.7 Å².